The Balaban J connectivity index is 1.63. The summed E-state index contributed by atoms with van der Waals surface area (Å²) >= 11 is 1.78. The Hall–Kier alpha value is -2.28. The van der Waals surface area contributed by atoms with Crippen LogP contribution in [0.2, 0.25) is 0 Å². The number of thiophene rings is 1. The van der Waals surface area contributed by atoms with Crippen molar-refractivity contribution in [3.63, 3.8) is 0 Å². The maximum atomic E-state index is 4.91. The van der Waals surface area contributed by atoms with Crippen LogP contribution in [0, 0.1) is 27.7 Å². The summed E-state index contributed by atoms with van der Waals surface area (Å²) in [6.45, 7) is 14.2. The lowest BCUT2D eigenvalue weighted by atomic mass is 10.2. The van der Waals surface area contributed by atoms with Gasteiger partial charge in [0, 0.05) is 48.9 Å². The molecule has 6 nitrogen and oxygen atoms in total. The molecular weight excluding hydrogens is 356 g/mol. The second-order valence-electron chi connectivity index (χ2n) is 7.21. The molecule has 0 saturated carbocycles. The van der Waals surface area contributed by atoms with Crippen LogP contribution in [-0.2, 0) is 6.42 Å². The molecule has 0 radical (unpaired) electrons. The van der Waals surface area contributed by atoms with Crippen molar-refractivity contribution < 1.29 is 0 Å². The minimum absolute atomic E-state index is 0.844. The average molecular weight is 383 g/mol. The van der Waals surface area contributed by atoms with Crippen molar-refractivity contribution in [2.45, 2.75) is 41.0 Å². The molecule has 1 aliphatic heterocycles. The van der Waals surface area contributed by atoms with Gasteiger partial charge in [0.25, 0.3) is 0 Å². The van der Waals surface area contributed by atoms with Gasteiger partial charge in [0.2, 0.25) is 5.95 Å². The zero-order valence-corrected chi connectivity index (χ0v) is 17.5. The number of piperazine rings is 1. The summed E-state index contributed by atoms with van der Waals surface area (Å²) in [5.41, 5.74) is 3.36. The van der Waals surface area contributed by atoms with Gasteiger partial charge in [0.1, 0.15) is 16.5 Å². The Morgan fingerprint density at radius 2 is 1.52 bits per heavy atom. The minimum Gasteiger partial charge on any atom is -0.352 e. The van der Waals surface area contributed by atoms with Crippen LogP contribution < -0.4 is 9.80 Å². The fourth-order valence-corrected chi connectivity index (χ4v) is 4.67. The smallest absolute Gasteiger partial charge is 0.225 e. The van der Waals surface area contributed by atoms with E-state index in [1.165, 1.54) is 15.8 Å². The predicted octanol–water partition coefficient (Wildman–Crippen LogP) is 3.60. The Morgan fingerprint density at radius 3 is 2.15 bits per heavy atom. The van der Waals surface area contributed by atoms with Crippen molar-refractivity contribution in [3.8, 4) is 0 Å². The first-order valence-electron chi connectivity index (χ1n) is 9.55. The van der Waals surface area contributed by atoms with Crippen molar-refractivity contribution in [2.75, 3.05) is 36.0 Å². The van der Waals surface area contributed by atoms with Crippen LogP contribution in [-0.4, -0.2) is 46.1 Å². The largest absolute Gasteiger partial charge is 0.352 e. The fraction of sp³-hybridized carbons (Fsp3) is 0.500. The third-order valence-corrected chi connectivity index (χ3v) is 6.31. The Kier molecular flexibility index (Phi) is 4.72. The normalized spacial score (nSPS) is 15.0. The molecule has 3 aromatic heterocycles. The second-order valence-corrected chi connectivity index (χ2v) is 8.41. The van der Waals surface area contributed by atoms with E-state index in [2.05, 4.69) is 40.5 Å². The number of aromatic nitrogens is 4. The van der Waals surface area contributed by atoms with Crippen LogP contribution >= 0.6 is 11.3 Å². The minimum atomic E-state index is 0.844. The van der Waals surface area contributed by atoms with Crippen LogP contribution in [0.1, 0.15) is 34.6 Å². The van der Waals surface area contributed by atoms with Crippen LogP contribution in [0.15, 0.2) is 6.07 Å². The summed E-state index contributed by atoms with van der Waals surface area (Å²) in [5, 5.41) is 1.23. The van der Waals surface area contributed by atoms with E-state index in [0.717, 1.165) is 66.4 Å². The molecule has 27 heavy (non-hydrogen) atoms. The molecule has 0 spiro atoms. The van der Waals surface area contributed by atoms with Gasteiger partial charge in [0.05, 0.1) is 5.39 Å². The first kappa shape index (κ1) is 18.1. The Bertz CT molecular complexity index is 968. The van der Waals surface area contributed by atoms with Crippen LogP contribution in [0.25, 0.3) is 10.2 Å². The molecule has 0 atom stereocenters. The van der Waals surface area contributed by atoms with Gasteiger partial charge in [-0.3, -0.25) is 0 Å². The van der Waals surface area contributed by atoms with Gasteiger partial charge in [-0.2, -0.15) is 0 Å². The number of aryl methyl sites for hydroxylation is 5. The monoisotopic (exact) mass is 382 g/mol. The first-order valence-corrected chi connectivity index (χ1v) is 10.4. The molecule has 7 heteroatoms. The summed E-state index contributed by atoms with van der Waals surface area (Å²) in [6.07, 6.45) is 0.856. The van der Waals surface area contributed by atoms with Gasteiger partial charge in [-0.05, 0) is 39.3 Å². The Labute approximate surface area is 164 Å². The highest BCUT2D eigenvalue weighted by atomic mass is 32.1. The van der Waals surface area contributed by atoms with Crippen molar-refractivity contribution >= 4 is 33.3 Å². The highest BCUT2D eigenvalue weighted by molar-refractivity contribution is 7.18. The average Bonchev–Trinajstić information content (AvgIpc) is 2.94. The molecule has 4 rings (SSSR count). The molecule has 0 aliphatic carbocycles. The third-order valence-electron chi connectivity index (χ3n) is 5.20. The summed E-state index contributed by atoms with van der Waals surface area (Å²) in [6, 6.07) is 2.02. The van der Waals surface area contributed by atoms with E-state index in [9.17, 15) is 0 Å². The van der Waals surface area contributed by atoms with E-state index in [0.29, 0.717) is 0 Å². The molecule has 0 N–H and O–H groups in total. The molecule has 1 saturated heterocycles. The molecule has 0 bridgehead atoms. The highest BCUT2D eigenvalue weighted by Gasteiger charge is 2.24. The molecule has 0 amide bonds. The van der Waals surface area contributed by atoms with E-state index in [4.69, 9.17) is 9.97 Å². The standard InChI is InChI=1S/C20H26N6S/c1-6-16-23-18(17-14(4)15(5)27-19(17)24-16)25-7-9-26(10-8-25)20-21-12(2)11-13(3)22-20/h11H,6-10H2,1-5H3. The van der Waals surface area contributed by atoms with E-state index >= 15 is 0 Å². The van der Waals surface area contributed by atoms with Gasteiger partial charge in [-0.1, -0.05) is 6.92 Å². The van der Waals surface area contributed by atoms with Crippen LogP contribution in [0.4, 0.5) is 11.8 Å². The lowest BCUT2D eigenvalue weighted by molar-refractivity contribution is 0.633. The Morgan fingerprint density at radius 1 is 0.889 bits per heavy atom. The summed E-state index contributed by atoms with van der Waals surface area (Å²) in [7, 11) is 0. The van der Waals surface area contributed by atoms with E-state index in [1.807, 2.05) is 19.9 Å². The van der Waals surface area contributed by atoms with Gasteiger partial charge in [0.15, 0.2) is 0 Å². The van der Waals surface area contributed by atoms with Crippen molar-refractivity contribution in [1.29, 1.82) is 0 Å². The number of nitrogens with zero attached hydrogens (tertiary/aromatic N) is 6. The zero-order chi connectivity index (χ0) is 19.1. The summed E-state index contributed by atoms with van der Waals surface area (Å²) in [5.74, 6) is 2.87. The zero-order valence-electron chi connectivity index (χ0n) is 16.7. The number of fused-ring (bicyclic) bond motifs is 1. The van der Waals surface area contributed by atoms with Crippen molar-refractivity contribution in [3.05, 3.63) is 33.7 Å². The summed E-state index contributed by atoms with van der Waals surface area (Å²) in [4.78, 5) is 26.1. The second kappa shape index (κ2) is 7.03. The van der Waals surface area contributed by atoms with Gasteiger partial charge < -0.3 is 9.80 Å². The number of anilines is 2. The number of hydrogen-bond donors (Lipinski definition) is 0. The molecule has 4 heterocycles. The van der Waals surface area contributed by atoms with Gasteiger partial charge in [-0.25, -0.2) is 19.9 Å². The first-order chi connectivity index (χ1) is 13.0. The molecule has 142 valence electrons. The summed E-state index contributed by atoms with van der Waals surface area (Å²) < 4.78 is 0. The number of hydrogen-bond acceptors (Lipinski definition) is 7. The fourth-order valence-electron chi connectivity index (χ4n) is 3.63. The quantitative estimate of drug-likeness (QED) is 0.690. The third kappa shape index (κ3) is 3.36. The van der Waals surface area contributed by atoms with Gasteiger partial charge >= 0.3 is 0 Å². The number of rotatable bonds is 3. The molecule has 0 unspecified atom stereocenters. The topological polar surface area (TPSA) is 58.0 Å². The van der Waals surface area contributed by atoms with Gasteiger partial charge in [-0.15, -0.1) is 11.3 Å². The SMILES string of the molecule is CCc1nc(N2CCN(c3nc(C)cc(C)n3)CC2)c2c(C)c(C)sc2n1. The molecule has 1 fully saturated rings. The van der Waals surface area contributed by atoms with Crippen molar-refractivity contribution in [2.24, 2.45) is 0 Å². The predicted molar refractivity (Wildman–Crippen MR) is 112 cm³/mol. The maximum absolute atomic E-state index is 4.91. The maximum Gasteiger partial charge on any atom is 0.225 e. The lowest BCUT2D eigenvalue weighted by Crippen LogP contribution is -2.47. The van der Waals surface area contributed by atoms with Crippen molar-refractivity contribution in [1.82, 2.24) is 19.9 Å². The highest BCUT2D eigenvalue weighted by Crippen LogP contribution is 2.35. The van der Waals surface area contributed by atoms with Crippen LogP contribution in [0.3, 0.4) is 0 Å². The molecule has 3 aromatic rings. The van der Waals surface area contributed by atoms with E-state index < -0.39 is 0 Å². The van der Waals surface area contributed by atoms with E-state index in [-0.39, 0.29) is 0 Å². The molecular formula is C20H26N6S. The lowest BCUT2D eigenvalue weighted by Gasteiger charge is -2.36. The molecule has 0 aromatic carbocycles. The molecule has 1 aliphatic rings. The van der Waals surface area contributed by atoms with E-state index in [1.54, 1.807) is 11.3 Å². The van der Waals surface area contributed by atoms with Crippen LogP contribution in [0.5, 0.6) is 0 Å².